The van der Waals surface area contributed by atoms with Gasteiger partial charge in [0.2, 0.25) is 0 Å². The molecule has 5 heteroatoms. The largest absolute Gasteiger partial charge is 0.420 e. The van der Waals surface area contributed by atoms with Crippen LogP contribution in [0.25, 0.3) is 0 Å². The van der Waals surface area contributed by atoms with Crippen LogP contribution in [0, 0.1) is 5.41 Å². The predicted molar refractivity (Wildman–Crippen MR) is 92.4 cm³/mol. The van der Waals surface area contributed by atoms with Crippen molar-refractivity contribution in [1.82, 2.24) is 0 Å². The highest BCUT2D eigenvalue weighted by Crippen LogP contribution is 2.45. The van der Waals surface area contributed by atoms with Crippen LogP contribution in [0.3, 0.4) is 0 Å². The molecule has 0 aromatic rings. The van der Waals surface area contributed by atoms with Gasteiger partial charge in [-0.05, 0) is 53.3 Å². The van der Waals surface area contributed by atoms with Gasteiger partial charge in [-0.1, -0.05) is 27.7 Å². The monoisotopic (exact) mass is 306 g/mol. The molecule has 0 saturated carbocycles. The van der Waals surface area contributed by atoms with Crippen LogP contribution in [0.15, 0.2) is 0 Å². The molecule has 0 radical (unpaired) electrons. The van der Waals surface area contributed by atoms with Gasteiger partial charge in [0, 0.05) is 0 Å². The first-order chi connectivity index (χ1) is 8.60. The Balaban J connectivity index is 0. The molecule has 0 unspecified atom stereocenters. The Labute approximate surface area is 131 Å². The normalized spacial score (nSPS) is 20.6. The molecule has 0 bridgehead atoms. The molecule has 0 amide bonds. The van der Waals surface area contributed by atoms with Gasteiger partial charge in [0.15, 0.2) is 0 Å². The van der Waals surface area contributed by atoms with E-state index in [1.54, 1.807) is 27.7 Å². The predicted octanol–water partition coefficient (Wildman–Crippen LogP) is 3.79. The Morgan fingerprint density at radius 3 is 1.30 bits per heavy atom. The van der Waals surface area contributed by atoms with Crippen molar-refractivity contribution in [2.75, 3.05) is 0 Å². The molecule has 1 aliphatic rings. The van der Waals surface area contributed by atoms with Crippen LogP contribution in [-0.4, -0.2) is 33.2 Å². The van der Waals surface area contributed by atoms with E-state index in [0.717, 1.165) is 6.32 Å². The first-order valence-electron chi connectivity index (χ1n) is 7.41. The Kier molecular flexibility index (Phi) is 8.49. The topological polar surface area (TPSA) is 49.7 Å². The number of hydrogen-bond donors (Lipinski definition) is 3. The molecule has 20 heavy (non-hydrogen) atoms. The van der Waals surface area contributed by atoms with E-state index in [9.17, 15) is 0 Å². The molecule has 1 rings (SSSR count). The van der Waals surface area contributed by atoms with Gasteiger partial charge >= 0.3 is 6.19 Å². The minimum atomic E-state index is -1.01. The minimum absolute atomic E-state index is 0.0145. The van der Waals surface area contributed by atoms with Crippen LogP contribution < -0.4 is 0 Å². The summed E-state index contributed by atoms with van der Waals surface area (Å²) in [5.74, 6) is 0. The van der Waals surface area contributed by atoms with Crippen LogP contribution in [0.1, 0.15) is 69.2 Å². The molecule has 1 fully saturated rings. The van der Waals surface area contributed by atoms with E-state index in [0.29, 0.717) is 0 Å². The Morgan fingerprint density at radius 2 is 1.25 bits per heavy atom. The van der Waals surface area contributed by atoms with E-state index in [-0.39, 0.29) is 17.2 Å². The van der Waals surface area contributed by atoms with Crippen molar-refractivity contribution in [1.29, 1.82) is 0 Å². The average molecular weight is 306 g/mol. The summed E-state index contributed by atoms with van der Waals surface area (Å²) in [7, 11) is 0. The van der Waals surface area contributed by atoms with Gasteiger partial charge in [-0.25, -0.2) is 0 Å². The summed E-state index contributed by atoms with van der Waals surface area (Å²) in [5.41, 5.74) is -1.77. The highest BCUT2D eigenvalue weighted by molar-refractivity contribution is 8.09. The van der Waals surface area contributed by atoms with Gasteiger partial charge < -0.3 is 14.9 Å². The lowest BCUT2D eigenvalue weighted by Crippen LogP contribution is -2.44. The molecule has 3 nitrogen and oxygen atoms in total. The molecular formula is C15H35BO3S. The number of thiol groups is 1. The molecule has 1 heterocycles. The third-order valence-corrected chi connectivity index (χ3v) is 4.53. The number of rotatable bonds is 1. The van der Waals surface area contributed by atoms with Gasteiger partial charge in [0.25, 0.3) is 0 Å². The van der Waals surface area contributed by atoms with E-state index in [1.807, 2.05) is 13.8 Å². The maximum Gasteiger partial charge on any atom is 0.359 e. The van der Waals surface area contributed by atoms with Gasteiger partial charge in [-0.3, -0.25) is 0 Å². The lowest BCUT2D eigenvalue weighted by Gasteiger charge is -2.33. The van der Waals surface area contributed by atoms with Crippen LogP contribution in [0.2, 0.25) is 6.32 Å². The zero-order chi connectivity index (χ0) is 17.0. The van der Waals surface area contributed by atoms with Crippen LogP contribution >= 0.6 is 12.5 Å². The van der Waals surface area contributed by atoms with Gasteiger partial charge in [-0.2, -0.15) is 12.5 Å². The molecule has 0 aromatic carbocycles. The zero-order valence-corrected chi connectivity index (χ0v) is 15.9. The number of aliphatic hydroxyl groups is 2. The molecule has 0 aliphatic carbocycles. The molecule has 1 aliphatic heterocycles. The van der Waals surface area contributed by atoms with Crippen molar-refractivity contribution in [2.24, 2.45) is 5.41 Å². The molecule has 0 spiro atoms. The van der Waals surface area contributed by atoms with Crippen molar-refractivity contribution in [3.05, 3.63) is 0 Å². The van der Waals surface area contributed by atoms with Crippen molar-refractivity contribution in [3.63, 3.8) is 0 Å². The van der Waals surface area contributed by atoms with Gasteiger partial charge in [0.1, 0.15) is 0 Å². The van der Waals surface area contributed by atoms with Crippen LogP contribution in [0.5, 0.6) is 0 Å². The second kappa shape index (κ2) is 7.53. The summed E-state index contributed by atoms with van der Waals surface area (Å²) in [6.45, 7) is 19.0. The third kappa shape index (κ3) is 6.84. The molecule has 0 aromatic heterocycles. The van der Waals surface area contributed by atoms with E-state index in [1.165, 1.54) is 0 Å². The molecular weight excluding hydrogens is 271 g/mol. The Morgan fingerprint density at radius 1 is 0.950 bits per heavy atom. The molecule has 0 atom stereocenters. The molecule has 1 saturated heterocycles. The maximum absolute atomic E-state index is 9.10. The SMILES string of the molecule is CC.CC(C)(O)C(C)(C)O.CC1(C)CB(S)OC1(C)C. The van der Waals surface area contributed by atoms with Crippen molar-refractivity contribution >= 4 is 18.7 Å². The number of hydrogen-bond acceptors (Lipinski definition) is 4. The van der Waals surface area contributed by atoms with E-state index in [4.69, 9.17) is 14.9 Å². The van der Waals surface area contributed by atoms with Crippen molar-refractivity contribution < 1.29 is 14.9 Å². The van der Waals surface area contributed by atoms with E-state index >= 15 is 0 Å². The fourth-order valence-corrected chi connectivity index (χ4v) is 1.94. The maximum atomic E-state index is 9.10. The minimum Gasteiger partial charge on any atom is -0.420 e. The van der Waals surface area contributed by atoms with Gasteiger partial charge in [0.05, 0.1) is 16.8 Å². The Bertz CT molecular complexity index is 250. The van der Waals surface area contributed by atoms with E-state index in [2.05, 4.69) is 40.2 Å². The highest BCUT2D eigenvalue weighted by atomic mass is 32.1. The van der Waals surface area contributed by atoms with Crippen LogP contribution in [-0.2, 0) is 4.65 Å². The molecule has 2 N–H and O–H groups in total. The second-order valence-corrected chi connectivity index (χ2v) is 7.86. The fourth-order valence-electron chi connectivity index (χ4n) is 1.22. The average Bonchev–Trinajstić information content (AvgIpc) is 2.33. The van der Waals surface area contributed by atoms with E-state index < -0.39 is 11.2 Å². The van der Waals surface area contributed by atoms with Gasteiger partial charge in [-0.15, -0.1) is 0 Å². The zero-order valence-electron chi connectivity index (χ0n) is 15.0. The lowest BCUT2D eigenvalue weighted by molar-refractivity contribution is -0.107. The summed E-state index contributed by atoms with van der Waals surface area (Å²) < 4.78 is 5.63. The highest BCUT2D eigenvalue weighted by Gasteiger charge is 2.47. The first-order valence-corrected chi connectivity index (χ1v) is 7.92. The standard InChI is InChI=1S/C7H15BOS.C6H14O2.C2H6/c1-6(2)5-8(10)9-7(6,3)4;1-5(2,7)6(3,4)8;1-2/h10H,5H2,1-4H3;7-8H,1-4H3;1-2H3. The summed E-state index contributed by atoms with van der Waals surface area (Å²) >= 11 is 4.30. The quantitative estimate of drug-likeness (QED) is 0.510. The Hall–Kier alpha value is 0.295. The summed E-state index contributed by atoms with van der Waals surface area (Å²) in [5, 5.41) is 18.2. The first kappa shape index (κ1) is 22.6. The summed E-state index contributed by atoms with van der Waals surface area (Å²) in [4.78, 5) is 0. The molecule has 122 valence electrons. The second-order valence-electron chi connectivity index (χ2n) is 7.29. The fraction of sp³-hybridized carbons (Fsp3) is 1.00. The van der Waals surface area contributed by atoms with Crippen molar-refractivity contribution in [3.8, 4) is 0 Å². The third-order valence-electron chi connectivity index (χ3n) is 4.24. The smallest absolute Gasteiger partial charge is 0.359 e. The van der Waals surface area contributed by atoms with Crippen LogP contribution in [0.4, 0.5) is 0 Å². The summed E-state index contributed by atoms with van der Waals surface area (Å²) in [6.07, 6.45) is 1.17. The summed E-state index contributed by atoms with van der Waals surface area (Å²) in [6, 6.07) is 0. The lowest BCUT2D eigenvalue weighted by atomic mass is 9.71. The van der Waals surface area contributed by atoms with Crippen molar-refractivity contribution in [2.45, 2.75) is 92.4 Å².